The summed E-state index contributed by atoms with van der Waals surface area (Å²) in [7, 11) is 0. The second-order valence-electron chi connectivity index (χ2n) is 5.72. The molecule has 1 fully saturated rings. The summed E-state index contributed by atoms with van der Waals surface area (Å²) in [6, 6.07) is 6.17. The molecule has 0 spiro atoms. The maximum atomic E-state index is 12.3. The summed E-state index contributed by atoms with van der Waals surface area (Å²) in [6.07, 6.45) is 1.58. The highest BCUT2D eigenvalue weighted by Gasteiger charge is 2.32. The first-order chi connectivity index (χ1) is 12.2. The summed E-state index contributed by atoms with van der Waals surface area (Å²) in [5.74, 6) is 1.54. The van der Waals surface area contributed by atoms with Gasteiger partial charge in [-0.1, -0.05) is 5.16 Å². The number of carbonyl (C=O) groups excluding carboxylic acids is 2. The van der Waals surface area contributed by atoms with Crippen LogP contribution in [0.3, 0.4) is 0 Å². The molecule has 0 unspecified atom stereocenters. The molecule has 4 rings (SSSR count). The van der Waals surface area contributed by atoms with Gasteiger partial charge in [-0.2, -0.15) is 0 Å². The molecule has 2 aromatic rings. The van der Waals surface area contributed by atoms with Crippen molar-refractivity contribution < 1.29 is 23.6 Å². The summed E-state index contributed by atoms with van der Waals surface area (Å²) in [5.41, 5.74) is 0.718. The molecular weight excluding hydrogens is 328 g/mol. The van der Waals surface area contributed by atoms with Crippen molar-refractivity contribution in [1.82, 2.24) is 10.5 Å². The minimum Gasteiger partial charge on any atom is -0.486 e. The molecule has 0 saturated carbocycles. The number of nitrogens with zero attached hydrogens (tertiary/aromatic N) is 2. The van der Waals surface area contributed by atoms with Crippen LogP contribution in [0.2, 0.25) is 0 Å². The van der Waals surface area contributed by atoms with Crippen LogP contribution in [-0.4, -0.2) is 42.9 Å². The fourth-order valence-electron chi connectivity index (χ4n) is 2.87. The summed E-state index contributed by atoms with van der Waals surface area (Å²) in [4.78, 5) is 25.9. The zero-order valence-electron chi connectivity index (χ0n) is 13.2. The maximum absolute atomic E-state index is 12.3. The molecule has 0 radical (unpaired) electrons. The van der Waals surface area contributed by atoms with Crippen LogP contribution >= 0.6 is 0 Å². The summed E-state index contributed by atoms with van der Waals surface area (Å²) in [5, 5.41) is 8.90. The fraction of sp³-hybridized carbons (Fsp3) is 0.312. The monoisotopic (exact) mass is 344 g/mol. The van der Waals surface area contributed by atoms with Gasteiger partial charge >= 0.3 is 6.03 Å². The van der Waals surface area contributed by atoms with E-state index < -0.39 is 6.03 Å². The van der Waals surface area contributed by atoms with Gasteiger partial charge in [-0.15, -0.1) is 0 Å². The molecule has 2 aliphatic heterocycles. The molecule has 1 aromatic heterocycles. The number of anilines is 2. The van der Waals surface area contributed by atoms with Crippen molar-refractivity contribution in [3.8, 4) is 11.5 Å². The molecule has 9 heteroatoms. The molecule has 2 aliphatic rings. The number of hydrogen-bond acceptors (Lipinski definition) is 6. The van der Waals surface area contributed by atoms with Gasteiger partial charge in [0.05, 0.1) is 6.04 Å². The molecule has 3 amide bonds. The predicted octanol–water partition coefficient (Wildman–Crippen LogP) is 1.37. The Labute approximate surface area is 142 Å². The van der Waals surface area contributed by atoms with Gasteiger partial charge in [0.25, 0.3) is 0 Å². The average Bonchev–Trinajstić information content (AvgIpc) is 3.24. The van der Waals surface area contributed by atoms with E-state index in [4.69, 9.17) is 9.47 Å². The van der Waals surface area contributed by atoms with Gasteiger partial charge in [-0.05, 0) is 12.1 Å². The minimum absolute atomic E-state index is 0.0663. The number of rotatable bonds is 3. The van der Waals surface area contributed by atoms with E-state index in [1.54, 1.807) is 17.0 Å². The Morgan fingerprint density at radius 2 is 2.04 bits per heavy atom. The lowest BCUT2D eigenvalue weighted by molar-refractivity contribution is -0.117. The van der Waals surface area contributed by atoms with Crippen LogP contribution < -0.4 is 25.0 Å². The van der Waals surface area contributed by atoms with Gasteiger partial charge in [0.1, 0.15) is 19.5 Å². The largest absolute Gasteiger partial charge is 0.486 e. The summed E-state index contributed by atoms with van der Waals surface area (Å²) >= 11 is 0. The first kappa shape index (κ1) is 15.3. The molecule has 3 heterocycles. The summed E-state index contributed by atoms with van der Waals surface area (Å²) < 4.78 is 15.7. The van der Waals surface area contributed by atoms with Gasteiger partial charge in [-0.3, -0.25) is 10.1 Å². The number of aromatic nitrogens is 1. The number of amides is 3. The van der Waals surface area contributed by atoms with E-state index in [-0.39, 0.29) is 18.4 Å². The Hall–Kier alpha value is -3.23. The van der Waals surface area contributed by atoms with Crippen molar-refractivity contribution in [1.29, 1.82) is 0 Å². The van der Waals surface area contributed by atoms with Crippen LogP contribution in [0.1, 0.15) is 6.42 Å². The number of hydrogen-bond donors (Lipinski definition) is 2. The van der Waals surface area contributed by atoms with Crippen molar-refractivity contribution in [2.24, 2.45) is 0 Å². The van der Waals surface area contributed by atoms with Gasteiger partial charge in [0.2, 0.25) is 5.91 Å². The standard InChI is InChI=1S/C16H16N4O5/c21-15-7-10(17-16(22)18-14-3-4-25-19-14)9-20(15)11-1-2-12-13(8-11)24-6-5-23-12/h1-4,8,10H,5-7,9H2,(H2,17,18,19,22)/t10-/m1/s1. The topological polar surface area (TPSA) is 106 Å². The third-order valence-electron chi connectivity index (χ3n) is 3.98. The van der Waals surface area contributed by atoms with Crippen molar-refractivity contribution >= 4 is 23.4 Å². The second kappa shape index (κ2) is 6.34. The molecule has 1 aromatic carbocycles. The number of fused-ring (bicyclic) bond motifs is 1. The van der Waals surface area contributed by atoms with E-state index in [2.05, 4.69) is 20.3 Å². The van der Waals surface area contributed by atoms with Crippen molar-refractivity contribution in [3.63, 3.8) is 0 Å². The Bertz CT molecular complexity index is 792. The van der Waals surface area contributed by atoms with E-state index >= 15 is 0 Å². The lowest BCUT2D eigenvalue weighted by Crippen LogP contribution is -2.39. The van der Waals surface area contributed by atoms with Crippen LogP contribution in [0.15, 0.2) is 35.1 Å². The zero-order valence-corrected chi connectivity index (χ0v) is 13.2. The maximum Gasteiger partial charge on any atom is 0.320 e. The van der Waals surface area contributed by atoms with E-state index in [9.17, 15) is 9.59 Å². The SMILES string of the molecule is O=C(Nc1ccon1)N[C@@H]1CC(=O)N(c2ccc3c(c2)OCCO3)C1. The third-order valence-corrected chi connectivity index (χ3v) is 3.98. The number of carbonyl (C=O) groups is 2. The van der Waals surface area contributed by atoms with Crippen LogP contribution in [-0.2, 0) is 4.79 Å². The highest BCUT2D eigenvalue weighted by atomic mass is 16.6. The van der Waals surface area contributed by atoms with Crippen molar-refractivity contribution in [3.05, 3.63) is 30.5 Å². The number of urea groups is 1. The minimum atomic E-state index is -0.435. The Balaban J connectivity index is 1.41. The third kappa shape index (κ3) is 3.21. The van der Waals surface area contributed by atoms with E-state index in [0.29, 0.717) is 37.1 Å². The van der Waals surface area contributed by atoms with E-state index in [0.717, 1.165) is 5.69 Å². The van der Waals surface area contributed by atoms with Crippen LogP contribution in [0, 0.1) is 0 Å². The summed E-state index contributed by atoms with van der Waals surface area (Å²) in [6.45, 7) is 1.38. The normalized spacial score (nSPS) is 19.0. The van der Waals surface area contributed by atoms with Crippen molar-refractivity contribution in [2.75, 3.05) is 30.0 Å². The Morgan fingerprint density at radius 1 is 1.20 bits per heavy atom. The Morgan fingerprint density at radius 3 is 2.84 bits per heavy atom. The van der Waals surface area contributed by atoms with Crippen LogP contribution in [0.5, 0.6) is 11.5 Å². The van der Waals surface area contributed by atoms with Crippen LogP contribution in [0.25, 0.3) is 0 Å². The molecular formula is C16H16N4O5. The predicted molar refractivity (Wildman–Crippen MR) is 86.8 cm³/mol. The first-order valence-electron chi connectivity index (χ1n) is 7.87. The molecule has 1 saturated heterocycles. The van der Waals surface area contributed by atoms with Crippen LogP contribution in [0.4, 0.5) is 16.3 Å². The number of benzene rings is 1. The smallest absolute Gasteiger partial charge is 0.320 e. The van der Waals surface area contributed by atoms with Crippen molar-refractivity contribution in [2.45, 2.75) is 12.5 Å². The molecule has 9 nitrogen and oxygen atoms in total. The average molecular weight is 344 g/mol. The van der Waals surface area contributed by atoms with E-state index in [1.165, 1.54) is 12.3 Å². The Kier molecular flexibility index (Phi) is 3.88. The molecule has 0 bridgehead atoms. The molecule has 0 aliphatic carbocycles. The lowest BCUT2D eigenvalue weighted by atomic mass is 10.2. The first-order valence-corrected chi connectivity index (χ1v) is 7.87. The van der Waals surface area contributed by atoms with Gasteiger partial charge in [0.15, 0.2) is 17.3 Å². The number of nitrogens with one attached hydrogen (secondary N) is 2. The molecule has 130 valence electrons. The highest BCUT2D eigenvalue weighted by Crippen LogP contribution is 2.35. The number of ether oxygens (including phenoxy) is 2. The molecule has 2 N–H and O–H groups in total. The second-order valence-corrected chi connectivity index (χ2v) is 5.72. The zero-order chi connectivity index (χ0) is 17.2. The van der Waals surface area contributed by atoms with Gasteiger partial charge in [-0.25, -0.2) is 4.79 Å². The van der Waals surface area contributed by atoms with E-state index in [1.807, 2.05) is 6.07 Å². The quantitative estimate of drug-likeness (QED) is 0.871. The fourth-order valence-corrected chi connectivity index (χ4v) is 2.87. The van der Waals surface area contributed by atoms with Gasteiger partial charge in [0, 0.05) is 30.8 Å². The highest BCUT2D eigenvalue weighted by molar-refractivity contribution is 5.97. The lowest BCUT2D eigenvalue weighted by Gasteiger charge is -2.22. The van der Waals surface area contributed by atoms with Gasteiger partial charge < -0.3 is 24.2 Å². The molecule has 1 atom stereocenters. The molecule has 25 heavy (non-hydrogen) atoms.